The van der Waals surface area contributed by atoms with Crippen molar-refractivity contribution in [2.75, 3.05) is 13.1 Å². The summed E-state index contributed by atoms with van der Waals surface area (Å²) in [6.07, 6.45) is 1.87. The molecule has 0 bridgehead atoms. The fourth-order valence-electron chi connectivity index (χ4n) is 2.94. The van der Waals surface area contributed by atoms with E-state index in [9.17, 15) is 4.79 Å². The Morgan fingerprint density at radius 1 is 1.15 bits per heavy atom. The summed E-state index contributed by atoms with van der Waals surface area (Å²) >= 11 is 1.58. The Morgan fingerprint density at radius 2 is 1.92 bits per heavy atom. The number of aromatic nitrogens is 3. The number of carbonyl (C=O) groups excluding carboxylic acids is 1. The van der Waals surface area contributed by atoms with Crippen molar-refractivity contribution in [1.29, 1.82) is 0 Å². The molecule has 3 aromatic rings. The summed E-state index contributed by atoms with van der Waals surface area (Å²) in [6.45, 7) is 1.86. The van der Waals surface area contributed by atoms with Crippen LogP contribution in [0.25, 0.3) is 16.4 Å². The Labute approximate surface area is 162 Å². The van der Waals surface area contributed by atoms with Crippen molar-refractivity contribution in [3.05, 3.63) is 53.7 Å². The first kappa shape index (κ1) is 18.6. The standard InChI is InChI=1S/C18H19N5OS.ClH/c24-18(20-13-8-10-19-11-9-13)16-21-17(15-7-4-12-25-15)23(22-16)14-5-2-1-3-6-14;/h1-7,12-13,19H,8-11H2,(H,20,24);1H. The normalized spacial score (nSPS) is 14.6. The zero-order valence-corrected chi connectivity index (χ0v) is 15.7. The summed E-state index contributed by atoms with van der Waals surface area (Å²) in [6, 6.07) is 13.9. The number of carbonyl (C=O) groups is 1. The number of para-hydroxylation sites is 1. The maximum absolute atomic E-state index is 12.6. The summed E-state index contributed by atoms with van der Waals surface area (Å²) in [5.74, 6) is 0.696. The monoisotopic (exact) mass is 389 g/mol. The molecule has 2 N–H and O–H groups in total. The highest BCUT2D eigenvalue weighted by atomic mass is 35.5. The van der Waals surface area contributed by atoms with Gasteiger partial charge in [-0.1, -0.05) is 24.3 Å². The first-order valence-electron chi connectivity index (χ1n) is 8.39. The fraction of sp³-hybridized carbons (Fsp3) is 0.278. The molecule has 0 radical (unpaired) electrons. The molecule has 0 unspecified atom stereocenters. The molecule has 1 aliphatic heterocycles. The number of nitrogens with zero attached hydrogens (tertiary/aromatic N) is 3. The van der Waals surface area contributed by atoms with Crippen LogP contribution in [0.4, 0.5) is 0 Å². The van der Waals surface area contributed by atoms with Gasteiger partial charge in [-0.3, -0.25) is 4.79 Å². The molecule has 1 aliphatic rings. The van der Waals surface area contributed by atoms with Crippen LogP contribution in [0.15, 0.2) is 47.8 Å². The van der Waals surface area contributed by atoms with Gasteiger partial charge in [0.1, 0.15) is 0 Å². The molecule has 0 aliphatic carbocycles. The first-order chi connectivity index (χ1) is 12.3. The summed E-state index contributed by atoms with van der Waals surface area (Å²) in [7, 11) is 0. The lowest BCUT2D eigenvalue weighted by Crippen LogP contribution is -2.43. The van der Waals surface area contributed by atoms with Gasteiger partial charge in [0.05, 0.1) is 10.6 Å². The van der Waals surface area contributed by atoms with Crippen molar-refractivity contribution in [3.8, 4) is 16.4 Å². The molecule has 1 amide bonds. The third kappa shape index (κ3) is 3.95. The summed E-state index contributed by atoms with van der Waals surface area (Å²) in [5, 5.41) is 12.8. The Kier molecular flexibility index (Phi) is 6.03. The van der Waals surface area contributed by atoms with Crippen LogP contribution in [0.2, 0.25) is 0 Å². The number of benzene rings is 1. The number of hydrogen-bond acceptors (Lipinski definition) is 5. The molecule has 4 rings (SSSR count). The number of hydrogen-bond donors (Lipinski definition) is 2. The second kappa shape index (κ2) is 8.44. The van der Waals surface area contributed by atoms with Crippen LogP contribution in [0.3, 0.4) is 0 Å². The van der Waals surface area contributed by atoms with Crippen molar-refractivity contribution in [2.24, 2.45) is 0 Å². The molecule has 1 fully saturated rings. The van der Waals surface area contributed by atoms with E-state index in [1.165, 1.54) is 0 Å². The molecule has 2 aromatic heterocycles. The number of piperidine rings is 1. The van der Waals surface area contributed by atoms with Crippen molar-refractivity contribution in [2.45, 2.75) is 18.9 Å². The molecule has 26 heavy (non-hydrogen) atoms. The van der Waals surface area contributed by atoms with E-state index in [2.05, 4.69) is 20.7 Å². The highest BCUT2D eigenvalue weighted by Gasteiger charge is 2.22. The number of nitrogens with one attached hydrogen (secondary N) is 2. The van der Waals surface area contributed by atoms with Gasteiger partial charge in [-0.25, -0.2) is 9.67 Å². The lowest BCUT2D eigenvalue weighted by atomic mass is 10.1. The average molecular weight is 390 g/mol. The van der Waals surface area contributed by atoms with Gasteiger partial charge in [-0.15, -0.1) is 28.8 Å². The van der Waals surface area contributed by atoms with E-state index in [-0.39, 0.29) is 30.2 Å². The van der Waals surface area contributed by atoms with Crippen LogP contribution < -0.4 is 10.6 Å². The highest BCUT2D eigenvalue weighted by molar-refractivity contribution is 7.13. The van der Waals surface area contributed by atoms with E-state index >= 15 is 0 Å². The summed E-state index contributed by atoms with van der Waals surface area (Å²) in [5.41, 5.74) is 0.888. The molecule has 3 heterocycles. The molecule has 6 nitrogen and oxygen atoms in total. The van der Waals surface area contributed by atoms with E-state index in [0.717, 1.165) is 36.5 Å². The van der Waals surface area contributed by atoms with Gasteiger partial charge in [-0.05, 0) is 49.5 Å². The van der Waals surface area contributed by atoms with Crippen molar-refractivity contribution in [3.63, 3.8) is 0 Å². The predicted molar refractivity (Wildman–Crippen MR) is 105 cm³/mol. The molecule has 8 heteroatoms. The largest absolute Gasteiger partial charge is 0.346 e. The molecule has 0 saturated carbocycles. The Bertz CT molecular complexity index is 844. The molecular formula is C18H20ClN5OS. The number of amides is 1. The van der Waals surface area contributed by atoms with Crippen LogP contribution in [0, 0.1) is 0 Å². The molecule has 136 valence electrons. The van der Waals surface area contributed by atoms with Crippen molar-refractivity contribution in [1.82, 2.24) is 25.4 Å². The van der Waals surface area contributed by atoms with Gasteiger partial charge in [0.15, 0.2) is 5.82 Å². The van der Waals surface area contributed by atoms with Crippen LogP contribution in [0.5, 0.6) is 0 Å². The fourth-order valence-corrected chi connectivity index (χ4v) is 3.64. The predicted octanol–water partition coefficient (Wildman–Crippen LogP) is 2.90. The van der Waals surface area contributed by atoms with Crippen LogP contribution in [-0.4, -0.2) is 39.8 Å². The van der Waals surface area contributed by atoms with E-state index in [4.69, 9.17) is 0 Å². The minimum atomic E-state index is -0.209. The van der Waals surface area contributed by atoms with Crippen LogP contribution in [-0.2, 0) is 0 Å². The molecule has 1 aromatic carbocycles. The van der Waals surface area contributed by atoms with Gasteiger partial charge in [0, 0.05) is 6.04 Å². The van der Waals surface area contributed by atoms with Gasteiger partial charge in [-0.2, -0.15) is 0 Å². The van der Waals surface area contributed by atoms with Gasteiger partial charge >= 0.3 is 0 Å². The van der Waals surface area contributed by atoms with Crippen LogP contribution in [0.1, 0.15) is 23.5 Å². The smallest absolute Gasteiger partial charge is 0.291 e. The highest BCUT2D eigenvalue weighted by Crippen LogP contribution is 2.25. The topological polar surface area (TPSA) is 71.8 Å². The SMILES string of the molecule is Cl.O=C(NC1CCNCC1)c1nc(-c2cccs2)n(-c2ccccc2)n1. The zero-order chi connectivity index (χ0) is 17.1. The second-order valence-corrected chi connectivity index (χ2v) is 6.93. The third-order valence-electron chi connectivity index (χ3n) is 4.23. The summed E-state index contributed by atoms with van der Waals surface area (Å²) < 4.78 is 1.74. The van der Waals surface area contributed by atoms with Gasteiger partial charge < -0.3 is 10.6 Å². The average Bonchev–Trinajstić information content (AvgIpc) is 3.33. The molecule has 0 atom stereocenters. The summed E-state index contributed by atoms with van der Waals surface area (Å²) in [4.78, 5) is 18.1. The molecular weight excluding hydrogens is 370 g/mol. The third-order valence-corrected chi connectivity index (χ3v) is 5.09. The van der Waals surface area contributed by atoms with Crippen LogP contribution >= 0.6 is 23.7 Å². The minimum absolute atomic E-state index is 0. The van der Waals surface area contributed by atoms with Gasteiger partial charge in [0.25, 0.3) is 5.91 Å². The lowest BCUT2D eigenvalue weighted by molar-refractivity contribution is 0.0919. The second-order valence-electron chi connectivity index (χ2n) is 5.98. The van der Waals surface area contributed by atoms with E-state index < -0.39 is 0 Å². The van der Waals surface area contributed by atoms with Crippen molar-refractivity contribution < 1.29 is 4.79 Å². The van der Waals surface area contributed by atoms with Gasteiger partial charge in [0.2, 0.25) is 5.82 Å². The number of thiophene rings is 1. The quantitative estimate of drug-likeness (QED) is 0.719. The maximum atomic E-state index is 12.6. The number of halogens is 1. The maximum Gasteiger partial charge on any atom is 0.291 e. The van der Waals surface area contributed by atoms with E-state index in [0.29, 0.717) is 5.82 Å². The zero-order valence-electron chi connectivity index (χ0n) is 14.1. The lowest BCUT2D eigenvalue weighted by Gasteiger charge is -2.22. The van der Waals surface area contributed by atoms with E-state index in [1.54, 1.807) is 16.0 Å². The Morgan fingerprint density at radius 3 is 2.62 bits per heavy atom. The molecule has 1 saturated heterocycles. The Balaban J connectivity index is 0.00000196. The van der Waals surface area contributed by atoms with E-state index in [1.807, 2.05) is 47.8 Å². The first-order valence-corrected chi connectivity index (χ1v) is 9.27. The van der Waals surface area contributed by atoms with Crippen molar-refractivity contribution >= 4 is 29.7 Å². The molecule has 0 spiro atoms. The Hall–Kier alpha value is -2.22. The number of rotatable bonds is 4. The minimum Gasteiger partial charge on any atom is -0.346 e.